The lowest BCUT2D eigenvalue weighted by Gasteiger charge is -2.13. The highest BCUT2D eigenvalue weighted by molar-refractivity contribution is 5.40. The average Bonchev–Trinajstić information content (AvgIpc) is 2.26. The van der Waals surface area contributed by atoms with Gasteiger partial charge in [-0.15, -0.1) is 0 Å². The van der Waals surface area contributed by atoms with Gasteiger partial charge < -0.3 is 15.2 Å². The van der Waals surface area contributed by atoms with Gasteiger partial charge in [0.1, 0.15) is 24.8 Å². The van der Waals surface area contributed by atoms with Crippen LogP contribution in [0.25, 0.3) is 0 Å². The van der Waals surface area contributed by atoms with Crippen LogP contribution < -0.4 is 15.2 Å². The van der Waals surface area contributed by atoms with E-state index in [1.807, 2.05) is 13.0 Å². The van der Waals surface area contributed by atoms with Gasteiger partial charge in [0.2, 0.25) is 0 Å². The molecule has 1 aromatic carbocycles. The lowest BCUT2D eigenvalue weighted by molar-refractivity contribution is 0.270. The summed E-state index contributed by atoms with van der Waals surface area (Å²) in [5.74, 6) is 1.43. The number of ether oxygens (including phenoxy) is 2. The van der Waals surface area contributed by atoms with Gasteiger partial charge in [-0.3, -0.25) is 0 Å². The lowest BCUT2D eigenvalue weighted by atomic mass is 10.1. The molecule has 0 saturated heterocycles. The summed E-state index contributed by atoms with van der Waals surface area (Å²) in [4.78, 5) is 0. The third-order valence-corrected chi connectivity index (χ3v) is 2.14. The number of nitrogens with two attached hydrogens (primary N) is 1. The Morgan fingerprint density at radius 2 is 2.19 bits per heavy atom. The van der Waals surface area contributed by atoms with Gasteiger partial charge in [-0.2, -0.15) is 0 Å². The summed E-state index contributed by atoms with van der Waals surface area (Å²) in [7, 11) is 1.60. The molecule has 0 aliphatic rings. The van der Waals surface area contributed by atoms with Crippen molar-refractivity contribution in [2.75, 3.05) is 20.4 Å². The molecule has 0 amide bonds. The molecule has 0 aliphatic heterocycles. The van der Waals surface area contributed by atoms with Crippen LogP contribution in [0.3, 0.4) is 0 Å². The minimum atomic E-state index is -0.496. The van der Waals surface area contributed by atoms with E-state index in [-0.39, 0.29) is 12.6 Å². The van der Waals surface area contributed by atoms with Crippen molar-refractivity contribution in [1.29, 1.82) is 0 Å². The number of hydrogen-bond donors (Lipinski definition) is 1. The number of methoxy groups -OCH3 is 1. The van der Waals surface area contributed by atoms with Crippen LogP contribution in [0.15, 0.2) is 18.2 Å². The minimum absolute atomic E-state index is 0.0276. The normalized spacial score (nSPS) is 12.2. The van der Waals surface area contributed by atoms with Crippen LogP contribution in [0.2, 0.25) is 0 Å². The Labute approximate surface area is 95.4 Å². The van der Waals surface area contributed by atoms with Crippen molar-refractivity contribution in [2.45, 2.75) is 19.4 Å². The van der Waals surface area contributed by atoms with Crippen LogP contribution in [0.5, 0.6) is 11.5 Å². The number of alkyl halides is 1. The van der Waals surface area contributed by atoms with E-state index in [2.05, 4.69) is 0 Å². The zero-order valence-corrected chi connectivity index (χ0v) is 9.70. The van der Waals surface area contributed by atoms with E-state index >= 15 is 0 Å². The first-order chi connectivity index (χ1) is 7.67. The van der Waals surface area contributed by atoms with Crippen molar-refractivity contribution >= 4 is 0 Å². The maximum atomic E-state index is 12.0. The fourth-order valence-corrected chi connectivity index (χ4v) is 1.48. The summed E-state index contributed by atoms with van der Waals surface area (Å²) in [6.45, 7) is 1.49. The molecule has 1 atom stereocenters. The largest absolute Gasteiger partial charge is 0.497 e. The molecule has 1 rings (SSSR count). The molecule has 0 bridgehead atoms. The zero-order valence-electron chi connectivity index (χ0n) is 9.70. The highest BCUT2D eigenvalue weighted by atomic mass is 19.1. The Balaban J connectivity index is 2.87. The first-order valence-corrected chi connectivity index (χ1v) is 5.28. The standard InChI is InChI=1S/C12H18FNO2/c1-9(14)7-10-8-11(15-2)3-4-12(10)16-6-5-13/h3-4,8-9H,5-7,14H2,1-2H3. The fraction of sp³-hybridized carbons (Fsp3) is 0.500. The van der Waals surface area contributed by atoms with Crippen molar-refractivity contribution in [2.24, 2.45) is 5.73 Å². The van der Waals surface area contributed by atoms with Crippen LogP contribution in [0, 0.1) is 0 Å². The molecular formula is C12H18FNO2. The molecule has 4 heteroatoms. The molecule has 0 aliphatic carbocycles. The number of halogens is 1. The molecule has 16 heavy (non-hydrogen) atoms. The highest BCUT2D eigenvalue weighted by Gasteiger charge is 2.08. The predicted molar refractivity (Wildman–Crippen MR) is 61.8 cm³/mol. The molecule has 0 radical (unpaired) electrons. The van der Waals surface area contributed by atoms with Crippen LogP contribution >= 0.6 is 0 Å². The smallest absolute Gasteiger partial charge is 0.123 e. The first kappa shape index (κ1) is 12.8. The maximum Gasteiger partial charge on any atom is 0.123 e. The van der Waals surface area contributed by atoms with Crippen LogP contribution in [-0.4, -0.2) is 26.4 Å². The Hall–Kier alpha value is -1.29. The molecule has 90 valence electrons. The third-order valence-electron chi connectivity index (χ3n) is 2.14. The van der Waals surface area contributed by atoms with E-state index in [4.69, 9.17) is 15.2 Å². The van der Waals surface area contributed by atoms with Crippen molar-refractivity contribution < 1.29 is 13.9 Å². The fourth-order valence-electron chi connectivity index (χ4n) is 1.48. The third kappa shape index (κ3) is 3.70. The summed E-state index contributed by atoms with van der Waals surface area (Å²) in [5.41, 5.74) is 6.69. The van der Waals surface area contributed by atoms with Crippen molar-refractivity contribution in [1.82, 2.24) is 0 Å². The van der Waals surface area contributed by atoms with E-state index in [0.29, 0.717) is 12.2 Å². The summed E-state index contributed by atoms with van der Waals surface area (Å²) in [6.07, 6.45) is 0.679. The molecule has 0 spiro atoms. The second-order valence-corrected chi connectivity index (χ2v) is 3.69. The quantitative estimate of drug-likeness (QED) is 0.807. The summed E-state index contributed by atoms with van der Waals surface area (Å²) < 4.78 is 22.5. The molecule has 2 N–H and O–H groups in total. The summed E-state index contributed by atoms with van der Waals surface area (Å²) >= 11 is 0. The zero-order chi connectivity index (χ0) is 12.0. The number of hydrogen-bond acceptors (Lipinski definition) is 3. The highest BCUT2D eigenvalue weighted by Crippen LogP contribution is 2.25. The van der Waals surface area contributed by atoms with Crippen molar-refractivity contribution in [3.63, 3.8) is 0 Å². The van der Waals surface area contributed by atoms with Gasteiger partial charge in [-0.25, -0.2) is 4.39 Å². The van der Waals surface area contributed by atoms with Gasteiger partial charge in [0.15, 0.2) is 0 Å². The second kappa shape index (κ2) is 6.33. The second-order valence-electron chi connectivity index (χ2n) is 3.69. The molecule has 0 aromatic heterocycles. The molecule has 3 nitrogen and oxygen atoms in total. The van der Waals surface area contributed by atoms with Gasteiger partial charge >= 0.3 is 0 Å². The minimum Gasteiger partial charge on any atom is -0.497 e. The molecule has 0 saturated carbocycles. The van der Waals surface area contributed by atoms with Crippen molar-refractivity contribution in [3.8, 4) is 11.5 Å². The molecule has 0 fully saturated rings. The summed E-state index contributed by atoms with van der Waals surface area (Å²) in [6, 6.07) is 5.47. The van der Waals surface area contributed by atoms with Crippen LogP contribution in [-0.2, 0) is 6.42 Å². The van der Waals surface area contributed by atoms with Gasteiger partial charge in [-0.1, -0.05) is 0 Å². The maximum absolute atomic E-state index is 12.0. The summed E-state index contributed by atoms with van der Waals surface area (Å²) in [5, 5.41) is 0. The average molecular weight is 227 g/mol. The Morgan fingerprint density at radius 3 is 2.75 bits per heavy atom. The Morgan fingerprint density at radius 1 is 1.44 bits per heavy atom. The lowest BCUT2D eigenvalue weighted by Crippen LogP contribution is -2.18. The molecular weight excluding hydrogens is 209 g/mol. The van der Waals surface area contributed by atoms with E-state index in [0.717, 1.165) is 11.3 Å². The van der Waals surface area contributed by atoms with E-state index < -0.39 is 6.67 Å². The monoisotopic (exact) mass is 227 g/mol. The molecule has 1 unspecified atom stereocenters. The van der Waals surface area contributed by atoms with Gasteiger partial charge in [0.25, 0.3) is 0 Å². The van der Waals surface area contributed by atoms with Crippen LogP contribution in [0.1, 0.15) is 12.5 Å². The number of rotatable bonds is 6. The number of benzene rings is 1. The Bertz CT molecular complexity index is 329. The molecule has 1 aromatic rings. The van der Waals surface area contributed by atoms with E-state index in [1.54, 1.807) is 19.2 Å². The predicted octanol–water partition coefficient (Wildman–Crippen LogP) is 1.93. The van der Waals surface area contributed by atoms with E-state index in [1.165, 1.54) is 0 Å². The topological polar surface area (TPSA) is 44.5 Å². The van der Waals surface area contributed by atoms with Crippen LogP contribution in [0.4, 0.5) is 4.39 Å². The first-order valence-electron chi connectivity index (χ1n) is 5.28. The van der Waals surface area contributed by atoms with Gasteiger partial charge in [-0.05, 0) is 37.1 Å². The van der Waals surface area contributed by atoms with Gasteiger partial charge in [0.05, 0.1) is 7.11 Å². The van der Waals surface area contributed by atoms with Crippen molar-refractivity contribution in [3.05, 3.63) is 23.8 Å². The van der Waals surface area contributed by atoms with Gasteiger partial charge in [0, 0.05) is 6.04 Å². The molecule has 0 heterocycles. The van der Waals surface area contributed by atoms with E-state index in [9.17, 15) is 4.39 Å². The SMILES string of the molecule is COc1ccc(OCCF)c(CC(C)N)c1. The Kier molecular flexibility index (Phi) is 5.05.